The molecule has 1 heterocycles. The predicted molar refractivity (Wildman–Crippen MR) is 115 cm³/mol. The Kier molecular flexibility index (Phi) is 8.04. The first-order valence-corrected chi connectivity index (χ1v) is 10.8. The van der Waals surface area contributed by atoms with Crippen LogP contribution in [-0.2, 0) is 19.1 Å². The van der Waals surface area contributed by atoms with Crippen molar-refractivity contribution in [2.24, 2.45) is 11.8 Å². The summed E-state index contributed by atoms with van der Waals surface area (Å²) in [7, 11) is 0. The molecule has 1 aliphatic rings. The van der Waals surface area contributed by atoms with Gasteiger partial charge in [0.1, 0.15) is 11.7 Å². The van der Waals surface area contributed by atoms with Crippen LogP contribution < -0.4 is 0 Å². The lowest BCUT2D eigenvalue weighted by molar-refractivity contribution is -0.158. The number of imide groups is 1. The Labute approximate surface area is 179 Å². The van der Waals surface area contributed by atoms with E-state index in [0.29, 0.717) is 6.42 Å². The van der Waals surface area contributed by atoms with E-state index in [1.807, 2.05) is 30.3 Å². The Morgan fingerprint density at radius 2 is 1.83 bits per heavy atom. The Balaban J connectivity index is 2.20. The van der Waals surface area contributed by atoms with Gasteiger partial charge in [0, 0.05) is 5.92 Å². The zero-order valence-corrected chi connectivity index (χ0v) is 19.0. The number of rotatable bonds is 8. The van der Waals surface area contributed by atoms with E-state index < -0.39 is 35.7 Å². The van der Waals surface area contributed by atoms with Crippen LogP contribution in [0.25, 0.3) is 0 Å². The molecule has 1 fully saturated rings. The van der Waals surface area contributed by atoms with E-state index in [9.17, 15) is 14.4 Å². The molecule has 0 spiro atoms. The highest BCUT2D eigenvalue weighted by atomic mass is 16.6. The number of benzene rings is 1. The van der Waals surface area contributed by atoms with Crippen LogP contribution in [0.4, 0.5) is 4.79 Å². The number of hydrogen-bond acceptors (Lipinski definition) is 5. The summed E-state index contributed by atoms with van der Waals surface area (Å²) in [6.07, 6.45) is 1.25. The van der Waals surface area contributed by atoms with Crippen LogP contribution >= 0.6 is 0 Å². The molecule has 1 aliphatic heterocycles. The number of nitrogens with zero attached hydrogens (tertiary/aromatic N) is 1. The second kappa shape index (κ2) is 10.1. The summed E-state index contributed by atoms with van der Waals surface area (Å²) in [6, 6.07) is 8.94. The Morgan fingerprint density at radius 1 is 1.20 bits per heavy atom. The number of carbonyl (C=O) groups is 3. The third-order valence-corrected chi connectivity index (χ3v) is 5.29. The van der Waals surface area contributed by atoms with Gasteiger partial charge >= 0.3 is 12.1 Å². The van der Waals surface area contributed by atoms with Crippen molar-refractivity contribution in [1.82, 2.24) is 4.90 Å². The first kappa shape index (κ1) is 23.9. The standard InChI is InChI=1S/C24H35NO5/c1-7-11-16(2)14-19(15-20(26)30-24(4,5)6)22(27)25-17(3)21(29-23(25)28)18-12-9-8-10-13-18/h8-10,12-13,16-17,19,21H,7,11,14-15H2,1-6H3/t16-,17+,19+,21+/m1/s1. The van der Waals surface area contributed by atoms with E-state index in [1.165, 1.54) is 4.90 Å². The van der Waals surface area contributed by atoms with E-state index in [-0.39, 0.29) is 18.2 Å². The first-order valence-electron chi connectivity index (χ1n) is 10.8. The zero-order chi connectivity index (χ0) is 22.5. The predicted octanol–water partition coefficient (Wildman–Crippen LogP) is 5.27. The molecule has 6 heteroatoms. The van der Waals surface area contributed by atoms with Crippen LogP contribution in [0.1, 0.15) is 78.9 Å². The van der Waals surface area contributed by atoms with Gasteiger partial charge in [-0.15, -0.1) is 0 Å². The van der Waals surface area contributed by atoms with Crippen molar-refractivity contribution in [3.8, 4) is 0 Å². The van der Waals surface area contributed by atoms with Gasteiger partial charge in [0.25, 0.3) is 0 Å². The summed E-state index contributed by atoms with van der Waals surface area (Å²) in [5.74, 6) is -1.15. The molecule has 4 atom stereocenters. The second-order valence-electron chi connectivity index (χ2n) is 9.28. The number of ether oxygens (including phenoxy) is 2. The molecular weight excluding hydrogens is 382 g/mol. The molecule has 1 saturated heterocycles. The van der Waals surface area contributed by atoms with E-state index in [0.717, 1.165) is 18.4 Å². The average Bonchev–Trinajstić information content (AvgIpc) is 2.94. The first-order chi connectivity index (χ1) is 14.0. The summed E-state index contributed by atoms with van der Waals surface area (Å²) in [5.41, 5.74) is 0.217. The SMILES string of the molecule is CCC[C@@H](C)C[C@@H](CC(=O)OC(C)(C)C)C(=O)N1C(=O)O[C@H](c2ccccc2)[C@@H]1C. The van der Waals surface area contributed by atoms with Gasteiger partial charge in [-0.05, 0) is 45.6 Å². The zero-order valence-electron chi connectivity index (χ0n) is 19.0. The Bertz CT molecular complexity index is 740. The quantitative estimate of drug-likeness (QED) is 0.539. The van der Waals surface area contributed by atoms with E-state index in [1.54, 1.807) is 27.7 Å². The summed E-state index contributed by atoms with van der Waals surface area (Å²) in [4.78, 5) is 39.7. The highest BCUT2D eigenvalue weighted by molar-refractivity contribution is 5.96. The molecule has 0 unspecified atom stereocenters. The van der Waals surface area contributed by atoms with Crippen molar-refractivity contribution in [1.29, 1.82) is 0 Å². The van der Waals surface area contributed by atoms with Gasteiger partial charge in [0.15, 0.2) is 0 Å². The fraction of sp³-hybridized carbons (Fsp3) is 0.625. The van der Waals surface area contributed by atoms with Gasteiger partial charge in [-0.3, -0.25) is 9.59 Å². The molecule has 0 aliphatic carbocycles. The molecule has 0 N–H and O–H groups in total. The van der Waals surface area contributed by atoms with Crippen LogP contribution in [-0.4, -0.2) is 34.5 Å². The topological polar surface area (TPSA) is 72.9 Å². The van der Waals surface area contributed by atoms with Crippen molar-refractivity contribution in [2.75, 3.05) is 0 Å². The van der Waals surface area contributed by atoms with Crippen molar-refractivity contribution in [2.45, 2.75) is 85.0 Å². The molecule has 1 aromatic rings. The maximum absolute atomic E-state index is 13.4. The van der Waals surface area contributed by atoms with Gasteiger partial charge in [0.05, 0.1) is 12.5 Å². The molecule has 2 rings (SSSR count). The molecule has 2 amide bonds. The third-order valence-electron chi connectivity index (χ3n) is 5.29. The van der Waals surface area contributed by atoms with Gasteiger partial charge < -0.3 is 9.47 Å². The summed E-state index contributed by atoms with van der Waals surface area (Å²) in [6.45, 7) is 11.4. The maximum atomic E-state index is 13.4. The second-order valence-corrected chi connectivity index (χ2v) is 9.28. The molecule has 166 valence electrons. The largest absolute Gasteiger partial charge is 0.460 e. The van der Waals surface area contributed by atoms with Crippen LogP contribution in [0.3, 0.4) is 0 Å². The molecular formula is C24H35NO5. The van der Waals surface area contributed by atoms with Crippen molar-refractivity contribution in [3.63, 3.8) is 0 Å². The normalized spacial score (nSPS) is 21.1. The molecule has 6 nitrogen and oxygen atoms in total. The number of esters is 1. The van der Waals surface area contributed by atoms with Crippen LogP contribution in [0.15, 0.2) is 30.3 Å². The van der Waals surface area contributed by atoms with Crippen molar-refractivity contribution >= 4 is 18.0 Å². The fourth-order valence-electron chi connectivity index (χ4n) is 3.99. The summed E-state index contributed by atoms with van der Waals surface area (Å²) < 4.78 is 11.0. The minimum Gasteiger partial charge on any atom is -0.460 e. The smallest absolute Gasteiger partial charge is 0.417 e. The van der Waals surface area contributed by atoms with Crippen LogP contribution in [0.5, 0.6) is 0 Å². The Hall–Kier alpha value is -2.37. The Morgan fingerprint density at radius 3 is 2.40 bits per heavy atom. The number of cyclic esters (lactones) is 1. The minimum atomic E-state index is -0.654. The molecule has 0 radical (unpaired) electrons. The average molecular weight is 418 g/mol. The number of hydrogen-bond donors (Lipinski definition) is 0. The molecule has 0 saturated carbocycles. The minimum absolute atomic E-state index is 0.0450. The third kappa shape index (κ3) is 6.31. The van der Waals surface area contributed by atoms with Crippen LogP contribution in [0.2, 0.25) is 0 Å². The molecule has 0 bridgehead atoms. The number of amides is 2. The van der Waals surface area contributed by atoms with Gasteiger partial charge in [-0.2, -0.15) is 0 Å². The van der Waals surface area contributed by atoms with Crippen molar-refractivity contribution in [3.05, 3.63) is 35.9 Å². The number of carbonyl (C=O) groups excluding carboxylic acids is 3. The van der Waals surface area contributed by atoms with E-state index in [2.05, 4.69) is 13.8 Å². The van der Waals surface area contributed by atoms with Gasteiger partial charge in [-0.1, -0.05) is 57.0 Å². The molecule has 1 aromatic carbocycles. The lowest BCUT2D eigenvalue weighted by Crippen LogP contribution is -2.43. The molecule has 30 heavy (non-hydrogen) atoms. The van der Waals surface area contributed by atoms with E-state index in [4.69, 9.17) is 9.47 Å². The maximum Gasteiger partial charge on any atom is 0.417 e. The lowest BCUT2D eigenvalue weighted by atomic mass is 9.89. The highest BCUT2D eigenvalue weighted by Crippen LogP contribution is 2.35. The highest BCUT2D eigenvalue weighted by Gasteiger charge is 2.45. The fourth-order valence-corrected chi connectivity index (χ4v) is 3.99. The van der Waals surface area contributed by atoms with Crippen molar-refractivity contribution < 1.29 is 23.9 Å². The summed E-state index contributed by atoms with van der Waals surface area (Å²) in [5, 5.41) is 0. The summed E-state index contributed by atoms with van der Waals surface area (Å²) >= 11 is 0. The lowest BCUT2D eigenvalue weighted by Gasteiger charge is -2.27. The monoisotopic (exact) mass is 417 g/mol. The van der Waals surface area contributed by atoms with E-state index >= 15 is 0 Å². The van der Waals surface area contributed by atoms with Gasteiger partial charge in [0.2, 0.25) is 5.91 Å². The van der Waals surface area contributed by atoms with Gasteiger partial charge in [-0.25, -0.2) is 9.69 Å². The van der Waals surface area contributed by atoms with Crippen LogP contribution in [0, 0.1) is 11.8 Å². The molecule has 0 aromatic heterocycles.